The normalized spacial score (nSPS) is 12.6. The Bertz CT molecular complexity index is 532. The molecule has 1 heterocycles. The molecule has 6 heteroatoms. The fourth-order valence-electron chi connectivity index (χ4n) is 1.71. The van der Waals surface area contributed by atoms with E-state index in [0.29, 0.717) is 6.61 Å². The molecule has 102 valence electrons. The van der Waals surface area contributed by atoms with Crippen LogP contribution in [0.3, 0.4) is 0 Å². The molecule has 0 aliphatic heterocycles. The minimum absolute atomic E-state index is 0.221. The van der Waals surface area contributed by atoms with Gasteiger partial charge in [0.15, 0.2) is 5.16 Å². The SMILES string of the molecule is COCCn1cnnc1S[C@H](C)c1ccccc1Cl. The van der Waals surface area contributed by atoms with Crippen LogP contribution >= 0.6 is 23.4 Å². The molecular weight excluding hydrogens is 282 g/mol. The van der Waals surface area contributed by atoms with Crippen molar-refractivity contribution in [3.63, 3.8) is 0 Å². The standard InChI is InChI=1S/C13H16ClN3OS/c1-10(11-5-3-4-6-12(11)14)19-13-16-15-9-17(13)7-8-18-2/h3-6,9-10H,7-8H2,1-2H3/t10-/m1/s1. The molecule has 0 saturated carbocycles. The van der Waals surface area contributed by atoms with Crippen molar-refractivity contribution in [2.24, 2.45) is 0 Å². The summed E-state index contributed by atoms with van der Waals surface area (Å²) in [6.07, 6.45) is 1.72. The van der Waals surface area contributed by atoms with E-state index in [9.17, 15) is 0 Å². The van der Waals surface area contributed by atoms with Gasteiger partial charge < -0.3 is 9.30 Å². The van der Waals surface area contributed by atoms with Gasteiger partial charge in [-0.2, -0.15) is 0 Å². The Morgan fingerprint density at radius 1 is 1.42 bits per heavy atom. The molecule has 0 unspecified atom stereocenters. The van der Waals surface area contributed by atoms with Crippen molar-refractivity contribution in [2.75, 3.05) is 13.7 Å². The van der Waals surface area contributed by atoms with Crippen LogP contribution in [0.5, 0.6) is 0 Å². The van der Waals surface area contributed by atoms with Gasteiger partial charge in [-0.15, -0.1) is 10.2 Å². The molecule has 0 spiro atoms. The van der Waals surface area contributed by atoms with Crippen LogP contribution in [0, 0.1) is 0 Å². The molecule has 2 rings (SSSR count). The number of benzene rings is 1. The predicted molar refractivity (Wildman–Crippen MR) is 77.6 cm³/mol. The lowest BCUT2D eigenvalue weighted by Crippen LogP contribution is -2.05. The molecule has 0 bridgehead atoms. The summed E-state index contributed by atoms with van der Waals surface area (Å²) in [6.45, 7) is 3.51. The van der Waals surface area contributed by atoms with E-state index >= 15 is 0 Å². The first-order valence-electron chi connectivity index (χ1n) is 6.00. The largest absolute Gasteiger partial charge is 0.383 e. The number of methoxy groups -OCH3 is 1. The van der Waals surface area contributed by atoms with Crippen molar-refractivity contribution in [3.05, 3.63) is 41.2 Å². The van der Waals surface area contributed by atoms with E-state index in [1.54, 1.807) is 25.2 Å². The van der Waals surface area contributed by atoms with Gasteiger partial charge in [-0.1, -0.05) is 41.6 Å². The topological polar surface area (TPSA) is 39.9 Å². The summed E-state index contributed by atoms with van der Waals surface area (Å²) in [5.74, 6) is 0. The summed E-state index contributed by atoms with van der Waals surface area (Å²) >= 11 is 7.85. The molecule has 0 fully saturated rings. The van der Waals surface area contributed by atoms with Crippen LogP contribution in [-0.4, -0.2) is 28.5 Å². The highest BCUT2D eigenvalue weighted by Gasteiger charge is 2.14. The molecule has 2 aromatic rings. The van der Waals surface area contributed by atoms with Crippen LogP contribution in [0.1, 0.15) is 17.7 Å². The summed E-state index contributed by atoms with van der Waals surface area (Å²) < 4.78 is 7.06. The van der Waals surface area contributed by atoms with E-state index in [4.69, 9.17) is 16.3 Å². The van der Waals surface area contributed by atoms with Crippen molar-refractivity contribution >= 4 is 23.4 Å². The lowest BCUT2D eigenvalue weighted by atomic mass is 10.2. The highest BCUT2D eigenvalue weighted by atomic mass is 35.5. The average molecular weight is 298 g/mol. The maximum atomic E-state index is 6.21. The third kappa shape index (κ3) is 3.72. The molecular formula is C13H16ClN3OS. The molecule has 0 aliphatic rings. The van der Waals surface area contributed by atoms with Gasteiger partial charge in [-0.05, 0) is 18.6 Å². The second kappa shape index (κ2) is 6.93. The lowest BCUT2D eigenvalue weighted by molar-refractivity contribution is 0.184. The molecule has 0 saturated heterocycles. The van der Waals surface area contributed by atoms with Crippen LogP contribution in [0.25, 0.3) is 0 Å². The first-order valence-corrected chi connectivity index (χ1v) is 7.26. The van der Waals surface area contributed by atoms with Crippen LogP contribution in [0.15, 0.2) is 35.7 Å². The number of rotatable bonds is 6. The van der Waals surface area contributed by atoms with Gasteiger partial charge in [0, 0.05) is 23.9 Å². The minimum Gasteiger partial charge on any atom is -0.383 e. The van der Waals surface area contributed by atoms with Gasteiger partial charge in [-0.25, -0.2) is 0 Å². The Hall–Kier alpha value is -1.04. The van der Waals surface area contributed by atoms with Gasteiger partial charge in [-0.3, -0.25) is 0 Å². The Kier molecular flexibility index (Phi) is 5.24. The summed E-state index contributed by atoms with van der Waals surface area (Å²) in [7, 11) is 1.68. The summed E-state index contributed by atoms with van der Waals surface area (Å²) in [5.41, 5.74) is 1.11. The quantitative estimate of drug-likeness (QED) is 0.766. The zero-order valence-electron chi connectivity index (χ0n) is 10.9. The zero-order valence-corrected chi connectivity index (χ0v) is 12.5. The smallest absolute Gasteiger partial charge is 0.191 e. The predicted octanol–water partition coefficient (Wildman–Crippen LogP) is 3.43. The van der Waals surface area contributed by atoms with Gasteiger partial charge in [0.2, 0.25) is 0 Å². The number of halogens is 1. The minimum atomic E-state index is 0.221. The molecule has 19 heavy (non-hydrogen) atoms. The Morgan fingerprint density at radius 2 is 2.21 bits per heavy atom. The second-order valence-electron chi connectivity index (χ2n) is 4.08. The van der Waals surface area contributed by atoms with E-state index in [1.807, 2.05) is 28.8 Å². The van der Waals surface area contributed by atoms with E-state index in [-0.39, 0.29) is 5.25 Å². The van der Waals surface area contributed by atoms with Crippen molar-refractivity contribution in [1.29, 1.82) is 0 Å². The monoisotopic (exact) mass is 297 g/mol. The Balaban J connectivity index is 2.09. The average Bonchev–Trinajstić information content (AvgIpc) is 2.84. The fraction of sp³-hybridized carbons (Fsp3) is 0.385. The first kappa shape index (κ1) is 14.4. The van der Waals surface area contributed by atoms with Gasteiger partial charge >= 0.3 is 0 Å². The second-order valence-corrected chi connectivity index (χ2v) is 5.80. The van der Waals surface area contributed by atoms with E-state index in [2.05, 4.69) is 17.1 Å². The van der Waals surface area contributed by atoms with Crippen LogP contribution in [0.2, 0.25) is 5.02 Å². The molecule has 0 radical (unpaired) electrons. The summed E-state index contributed by atoms with van der Waals surface area (Å²) in [4.78, 5) is 0. The Morgan fingerprint density at radius 3 is 2.95 bits per heavy atom. The highest BCUT2D eigenvalue weighted by molar-refractivity contribution is 7.99. The molecule has 1 aromatic carbocycles. The van der Waals surface area contributed by atoms with Gasteiger partial charge in [0.1, 0.15) is 6.33 Å². The third-order valence-electron chi connectivity index (χ3n) is 2.74. The lowest BCUT2D eigenvalue weighted by Gasteiger charge is -2.13. The Labute approximate surface area is 122 Å². The van der Waals surface area contributed by atoms with Crippen molar-refractivity contribution < 1.29 is 4.74 Å². The molecule has 1 atom stereocenters. The summed E-state index contributed by atoms with van der Waals surface area (Å²) in [5, 5.41) is 9.97. The van der Waals surface area contributed by atoms with E-state index < -0.39 is 0 Å². The van der Waals surface area contributed by atoms with E-state index in [1.165, 1.54) is 0 Å². The molecule has 4 nitrogen and oxygen atoms in total. The van der Waals surface area contributed by atoms with Gasteiger partial charge in [0.05, 0.1) is 6.61 Å². The maximum absolute atomic E-state index is 6.21. The zero-order chi connectivity index (χ0) is 13.7. The number of aromatic nitrogens is 3. The fourth-order valence-corrected chi connectivity index (χ4v) is 3.09. The van der Waals surface area contributed by atoms with Crippen molar-refractivity contribution in [3.8, 4) is 0 Å². The molecule has 1 aromatic heterocycles. The van der Waals surface area contributed by atoms with E-state index in [0.717, 1.165) is 22.3 Å². The number of hydrogen-bond acceptors (Lipinski definition) is 4. The van der Waals surface area contributed by atoms with Crippen molar-refractivity contribution in [1.82, 2.24) is 14.8 Å². The molecule has 0 N–H and O–H groups in total. The number of nitrogens with zero attached hydrogens (tertiary/aromatic N) is 3. The number of thioether (sulfide) groups is 1. The molecule has 0 aliphatic carbocycles. The van der Waals surface area contributed by atoms with Crippen LogP contribution in [0.4, 0.5) is 0 Å². The third-order valence-corrected chi connectivity index (χ3v) is 4.22. The highest BCUT2D eigenvalue weighted by Crippen LogP contribution is 2.36. The molecule has 0 amide bonds. The van der Waals surface area contributed by atoms with Crippen LogP contribution < -0.4 is 0 Å². The first-order chi connectivity index (χ1) is 9.22. The number of ether oxygens (including phenoxy) is 1. The van der Waals surface area contributed by atoms with Crippen molar-refractivity contribution in [2.45, 2.75) is 23.9 Å². The van der Waals surface area contributed by atoms with Gasteiger partial charge in [0.25, 0.3) is 0 Å². The van der Waals surface area contributed by atoms with Crippen LogP contribution in [-0.2, 0) is 11.3 Å². The number of hydrogen-bond donors (Lipinski definition) is 0. The maximum Gasteiger partial charge on any atom is 0.191 e. The summed E-state index contributed by atoms with van der Waals surface area (Å²) in [6, 6.07) is 7.87.